The van der Waals surface area contributed by atoms with Gasteiger partial charge in [-0.3, -0.25) is 4.79 Å². The van der Waals surface area contributed by atoms with Crippen LogP contribution >= 0.6 is 24.4 Å². The highest BCUT2D eigenvalue weighted by atomic mass is 32.2. The third-order valence-corrected chi connectivity index (χ3v) is 3.43. The van der Waals surface area contributed by atoms with Crippen molar-refractivity contribution in [2.45, 2.75) is 18.7 Å². The number of carbonyl (C=O) groups excluding carboxylic acids is 1. The van der Waals surface area contributed by atoms with Gasteiger partial charge in [-0.1, -0.05) is 17.8 Å². The zero-order chi connectivity index (χ0) is 16.9. The Kier molecular flexibility index (Phi) is 11.0. The van der Waals surface area contributed by atoms with Gasteiger partial charge in [-0.05, 0) is 31.7 Å². The van der Waals surface area contributed by atoms with Crippen molar-refractivity contribution in [3.8, 4) is 5.75 Å². The Balaban J connectivity index is 2.03. The highest BCUT2D eigenvalue weighted by Crippen LogP contribution is 2.18. The average molecular weight is 360 g/mol. The molecule has 1 aromatic carbocycles. The summed E-state index contributed by atoms with van der Waals surface area (Å²) in [4.78, 5) is 11.0. The van der Waals surface area contributed by atoms with Crippen LogP contribution in [-0.4, -0.2) is 49.8 Å². The minimum absolute atomic E-state index is 0.0448. The van der Waals surface area contributed by atoms with Crippen molar-refractivity contribution in [3.63, 3.8) is 0 Å². The fraction of sp³-hybridized carbons (Fsp3) is 0.562. The second-order valence-corrected chi connectivity index (χ2v) is 6.43. The molecule has 0 saturated carbocycles. The molecule has 1 atom stereocenters. The summed E-state index contributed by atoms with van der Waals surface area (Å²) in [5, 5.41) is 3.33. The summed E-state index contributed by atoms with van der Waals surface area (Å²) in [6.07, 6.45) is 2.51. The number of hydrogen-bond donors (Lipinski definition) is 2. The van der Waals surface area contributed by atoms with Crippen molar-refractivity contribution < 1.29 is 19.0 Å². The second kappa shape index (κ2) is 12.5. The molecule has 1 aromatic rings. The van der Waals surface area contributed by atoms with E-state index >= 15 is 0 Å². The molecule has 23 heavy (non-hydrogen) atoms. The van der Waals surface area contributed by atoms with Crippen molar-refractivity contribution in [2.24, 2.45) is 0 Å². The van der Waals surface area contributed by atoms with Crippen molar-refractivity contribution in [3.05, 3.63) is 24.3 Å². The minimum Gasteiger partial charge on any atom is -0.491 e. The van der Waals surface area contributed by atoms with Crippen molar-refractivity contribution >= 4 is 35.2 Å². The molecule has 1 unspecified atom stereocenters. The molecule has 0 aliphatic heterocycles. The first kappa shape index (κ1) is 20.2. The summed E-state index contributed by atoms with van der Waals surface area (Å²) in [5.41, 5.74) is 0.975. The van der Waals surface area contributed by atoms with Crippen LogP contribution in [-0.2, 0) is 14.3 Å². The van der Waals surface area contributed by atoms with Crippen LogP contribution in [0.5, 0.6) is 5.75 Å². The zero-order valence-electron chi connectivity index (χ0n) is 13.6. The smallest absolute Gasteiger partial charge is 0.214 e. The number of benzene rings is 1. The van der Waals surface area contributed by atoms with Crippen molar-refractivity contribution in [2.75, 3.05) is 44.6 Å². The van der Waals surface area contributed by atoms with Crippen molar-refractivity contribution in [1.29, 1.82) is 0 Å². The lowest BCUT2D eigenvalue weighted by Crippen LogP contribution is -2.11. The molecule has 5 nitrogen and oxygen atoms in total. The maximum atomic E-state index is 11.0. The fourth-order valence-electron chi connectivity index (χ4n) is 1.71. The standard InChI is InChI=1S/C16H25NO4S2/c1-13(22)17-14-5-3-6-15(11-14)21-10-9-19-7-4-8-20-12-16(18)23-2/h3,5-6,11,13,17,22H,4,7-10,12H2,1-2H3. The van der Waals surface area contributed by atoms with E-state index < -0.39 is 0 Å². The topological polar surface area (TPSA) is 56.8 Å². The predicted octanol–water partition coefficient (Wildman–Crippen LogP) is 3.07. The number of rotatable bonds is 12. The van der Waals surface area contributed by atoms with Gasteiger partial charge in [0, 0.05) is 25.0 Å². The van der Waals surface area contributed by atoms with Crippen LogP contribution in [0.3, 0.4) is 0 Å². The molecule has 0 aliphatic carbocycles. The SMILES string of the molecule is CSC(=O)COCCCOCCOc1cccc(NC(C)S)c1. The van der Waals surface area contributed by atoms with E-state index in [-0.39, 0.29) is 17.1 Å². The summed E-state index contributed by atoms with van der Waals surface area (Å²) in [6.45, 7) is 4.26. The number of thioether (sulfide) groups is 1. The zero-order valence-corrected chi connectivity index (χ0v) is 15.3. The normalized spacial score (nSPS) is 12.0. The van der Waals surface area contributed by atoms with Crippen LogP contribution in [0, 0.1) is 0 Å². The maximum absolute atomic E-state index is 11.0. The first-order valence-electron chi connectivity index (χ1n) is 7.51. The van der Waals surface area contributed by atoms with Crippen LogP contribution in [0.25, 0.3) is 0 Å². The third-order valence-electron chi connectivity index (χ3n) is 2.73. The molecule has 0 heterocycles. The van der Waals surface area contributed by atoms with Crippen LogP contribution in [0.4, 0.5) is 5.69 Å². The third kappa shape index (κ3) is 10.5. The molecule has 1 N–H and O–H groups in total. The van der Waals surface area contributed by atoms with E-state index in [2.05, 4.69) is 17.9 Å². The summed E-state index contributed by atoms with van der Waals surface area (Å²) in [6, 6.07) is 7.74. The molecule has 0 amide bonds. The lowest BCUT2D eigenvalue weighted by molar-refractivity contribution is -0.115. The maximum Gasteiger partial charge on any atom is 0.214 e. The van der Waals surface area contributed by atoms with Crippen LogP contribution in [0.15, 0.2) is 24.3 Å². The Morgan fingerprint density at radius 3 is 2.78 bits per heavy atom. The Labute approximate surface area is 147 Å². The quantitative estimate of drug-likeness (QED) is 0.340. The molecule has 130 valence electrons. The van der Waals surface area contributed by atoms with Gasteiger partial charge in [0.05, 0.1) is 12.0 Å². The summed E-state index contributed by atoms with van der Waals surface area (Å²) < 4.78 is 16.3. The molecule has 0 aromatic heterocycles. The predicted molar refractivity (Wildman–Crippen MR) is 98.8 cm³/mol. The summed E-state index contributed by atoms with van der Waals surface area (Å²) in [5.74, 6) is 0.798. The van der Waals surface area contributed by atoms with E-state index in [4.69, 9.17) is 14.2 Å². The van der Waals surface area contributed by atoms with Gasteiger partial charge in [0.15, 0.2) is 0 Å². The van der Waals surface area contributed by atoms with Gasteiger partial charge in [0.2, 0.25) is 5.12 Å². The average Bonchev–Trinajstić information content (AvgIpc) is 2.52. The monoisotopic (exact) mass is 359 g/mol. The largest absolute Gasteiger partial charge is 0.491 e. The summed E-state index contributed by atoms with van der Waals surface area (Å²) in [7, 11) is 0. The van der Waals surface area contributed by atoms with Crippen LogP contribution in [0.2, 0.25) is 0 Å². The molecule has 0 fully saturated rings. The van der Waals surface area contributed by atoms with Gasteiger partial charge >= 0.3 is 0 Å². The Bertz CT molecular complexity index is 457. The van der Waals surface area contributed by atoms with Gasteiger partial charge in [0.25, 0.3) is 0 Å². The Morgan fingerprint density at radius 2 is 2.04 bits per heavy atom. The lowest BCUT2D eigenvalue weighted by Gasteiger charge is -2.11. The first-order chi connectivity index (χ1) is 11.1. The van der Waals surface area contributed by atoms with E-state index in [1.807, 2.05) is 31.2 Å². The molecule has 0 bridgehead atoms. The van der Waals surface area contributed by atoms with Crippen molar-refractivity contribution in [1.82, 2.24) is 0 Å². The molecular weight excluding hydrogens is 334 g/mol. The van der Waals surface area contributed by atoms with Crippen LogP contribution in [0.1, 0.15) is 13.3 Å². The number of carbonyl (C=O) groups is 1. The first-order valence-corrected chi connectivity index (χ1v) is 9.25. The molecule has 1 rings (SSSR count). The molecule has 0 radical (unpaired) electrons. The van der Waals surface area contributed by atoms with Gasteiger partial charge in [-0.25, -0.2) is 0 Å². The van der Waals surface area contributed by atoms with E-state index in [0.29, 0.717) is 26.4 Å². The molecular formula is C16H25NO4S2. The minimum atomic E-state index is 0.0448. The van der Waals surface area contributed by atoms with E-state index in [0.717, 1.165) is 17.9 Å². The van der Waals surface area contributed by atoms with Gasteiger partial charge < -0.3 is 19.5 Å². The van der Waals surface area contributed by atoms with Gasteiger partial charge in [-0.15, -0.1) is 0 Å². The molecule has 0 spiro atoms. The van der Waals surface area contributed by atoms with Crippen LogP contribution < -0.4 is 10.1 Å². The number of ether oxygens (including phenoxy) is 3. The number of hydrogen-bond acceptors (Lipinski definition) is 7. The number of nitrogens with one attached hydrogen (secondary N) is 1. The fourth-order valence-corrected chi connectivity index (χ4v) is 2.07. The Morgan fingerprint density at radius 1 is 1.26 bits per heavy atom. The molecule has 0 aliphatic rings. The second-order valence-electron chi connectivity index (χ2n) is 4.79. The van der Waals surface area contributed by atoms with E-state index in [1.165, 1.54) is 11.8 Å². The van der Waals surface area contributed by atoms with E-state index in [9.17, 15) is 4.79 Å². The molecule has 7 heteroatoms. The summed E-state index contributed by atoms with van der Waals surface area (Å²) >= 11 is 5.47. The Hall–Kier alpha value is -0.890. The molecule has 0 saturated heterocycles. The highest BCUT2D eigenvalue weighted by Gasteiger charge is 2.00. The van der Waals surface area contributed by atoms with E-state index in [1.54, 1.807) is 6.26 Å². The number of thiol groups is 1. The van der Waals surface area contributed by atoms with Gasteiger partial charge in [0.1, 0.15) is 19.0 Å². The highest BCUT2D eigenvalue weighted by molar-refractivity contribution is 8.13. The number of anilines is 1. The van der Waals surface area contributed by atoms with Gasteiger partial charge in [-0.2, -0.15) is 12.6 Å². The lowest BCUT2D eigenvalue weighted by atomic mass is 10.3.